The first-order chi connectivity index (χ1) is 12.3. The Hall–Kier alpha value is -2.00. The summed E-state index contributed by atoms with van der Waals surface area (Å²) in [6.45, 7) is 5.08. The van der Waals surface area contributed by atoms with Crippen LogP contribution in [0.5, 0.6) is 0 Å². The van der Waals surface area contributed by atoms with Gasteiger partial charge in [-0.25, -0.2) is 13.4 Å². The maximum Gasteiger partial charge on any atom is 0.244 e. The van der Waals surface area contributed by atoms with Crippen molar-refractivity contribution in [2.45, 2.75) is 43.5 Å². The van der Waals surface area contributed by atoms with E-state index in [0.717, 1.165) is 24.5 Å². The third kappa shape index (κ3) is 3.59. The van der Waals surface area contributed by atoms with Crippen molar-refractivity contribution in [1.82, 2.24) is 24.1 Å². The summed E-state index contributed by atoms with van der Waals surface area (Å²) in [6.07, 6.45) is 4.87. The van der Waals surface area contributed by atoms with Gasteiger partial charge in [-0.3, -0.25) is 0 Å². The molecule has 3 heterocycles. The molecule has 1 aliphatic rings. The molecule has 0 amide bonds. The fraction of sp³-hybridized carbons (Fsp3) is 0.588. The van der Waals surface area contributed by atoms with Crippen LogP contribution in [-0.2, 0) is 10.0 Å². The lowest BCUT2D eigenvalue weighted by Crippen LogP contribution is -2.39. The highest BCUT2D eigenvalue weighted by molar-refractivity contribution is 7.89. The minimum Gasteiger partial charge on any atom is -0.363 e. The van der Waals surface area contributed by atoms with Crippen LogP contribution >= 0.6 is 0 Å². The van der Waals surface area contributed by atoms with Gasteiger partial charge in [0.05, 0.1) is 0 Å². The van der Waals surface area contributed by atoms with Gasteiger partial charge in [-0.05, 0) is 38.8 Å². The standard InChI is InChI=1S/C17H26N6O2S/c1-13(2)23-12-19-20-17(23)14-6-5-9-22(11-14)26(24,25)15-7-8-16(18-10-15)21(3)4/h7-8,10,12-14H,5-6,9,11H2,1-4H3. The molecule has 3 rings (SSSR count). The van der Waals surface area contributed by atoms with E-state index in [2.05, 4.69) is 29.0 Å². The molecule has 0 aliphatic carbocycles. The average Bonchev–Trinajstić information content (AvgIpc) is 3.12. The van der Waals surface area contributed by atoms with E-state index in [4.69, 9.17) is 0 Å². The predicted molar refractivity (Wildman–Crippen MR) is 99.7 cm³/mol. The summed E-state index contributed by atoms with van der Waals surface area (Å²) in [4.78, 5) is 6.31. The Morgan fingerprint density at radius 3 is 2.65 bits per heavy atom. The van der Waals surface area contributed by atoms with Gasteiger partial charge in [0.1, 0.15) is 22.9 Å². The number of nitrogens with zero attached hydrogens (tertiary/aromatic N) is 6. The van der Waals surface area contributed by atoms with E-state index in [9.17, 15) is 8.42 Å². The predicted octanol–water partition coefficient (Wildman–Crippen LogP) is 1.89. The maximum absolute atomic E-state index is 13.0. The molecule has 1 saturated heterocycles. The Balaban J connectivity index is 1.83. The molecule has 26 heavy (non-hydrogen) atoms. The highest BCUT2D eigenvalue weighted by Crippen LogP contribution is 2.30. The first kappa shape index (κ1) is 18.8. The molecule has 2 aromatic heterocycles. The summed E-state index contributed by atoms with van der Waals surface area (Å²) in [7, 11) is 0.177. The van der Waals surface area contributed by atoms with E-state index in [-0.39, 0.29) is 16.9 Å². The normalized spacial score (nSPS) is 19.0. The molecular weight excluding hydrogens is 352 g/mol. The van der Waals surface area contributed by atoms with Crippen molar-refractivity contribution >= 4 is 15.8 Å². The van der Waals surface area contributed by atoms with Gasteiger partial charge in [0.15, 0.2) is 0 Å². The molecule has 1 unspecified atom stereocenters. The van der Waals surface area contributed by atoms with Crippen molar-refractivity contribution < 1.29 is 8.42 Å². The smallest absolute Gasteiger partial charge is 0.244 e. The van der Waals surface area contributed by atoms with Gasteiger partial charge in [-0.15, -0.1) is 10.2 Å². The lowest BCUT2D eigenvalue weighted by Gasteiger charge is -2.32. The zero-order valence-electron chi connectivity index (χ0n) is 15.7. The molecule has 142 valence electrons. The Morgan fingerprint density at radius 1 is 1.27 bits per heavy atom. The van der Waals surface area contributed by atoms with Crippen molar-refractivity contribution in [3.05, 3.63) is 30.5 Å². The summed E-state index contributed by atoms with van der Waals surface area (Å²) in [5.74, 6) is 1.64. The summed E-state index contributed by atoms with van der Waals surface area (Å²) < 4.78 is 29.6. The molecule has 0 bridgehead atoms. The molecule has 0 saturated carbocycles. The van der Waals surface area contributed by atoms with E-state index in [1.165, 1.54) is 6.20 Å². The molecule has 0 N–H and O–H groups in total. The topological polar surface area (TPSA) is 84.2 Å². The average molecular weight is 379 g/mol. The molecule has 8 nitrogen and oxygen atoms in total. The summed E-state index contributed by atoms with van der Waals surface area (Å²) in [6, 6.07) is 3.59. The van der Waals surface area contributed by atoms with Gasteiger partial charge in [-0.2, -0.15) is 4.31 Å². The Labute approximate surface area is 154 Å². The second-order valence-corrected chi connectivity index (χ2v) is 9.08. The first-order valence-corrected chi connectivity index (χ1v) is 10.3. The second-order valence-electron chi connectivity index (χ2n) is 7.14. The van der Waals surface area contributed by atoms with Crippen LogP contribution in [0.3, 0.4) is 0 Å². The molecule has 1 aliphatic heterocycles. The Kier molecular flexibility index (Phi) is 5.29. The van der Waals surface area contributed by atoms with Crippen LogP contribution in [0.4, 0.5) is 5.82 Å². The number of pyridine rings is 1. The minimum absolute atomic E-state index is 0.0532. The van der Waals surface area contributed by atoms with Gasteiger partial charge in [-0.1, -0.05) is 0 Å². The number of anilines is 1. The molecule has 1 fully saturated rings. The van der Waals surface area contributed by atoms with Crippen LogP contribution in [0.15, 0.2) is 29.6 Å². The molecule has 1 atom stereocenters. The van der Waals surface area contributed by atoms with Gasteiger partial charge in [0, 0.05) is 45.3 Å². The fourth-order valence-corrected chi connectivity index (χ4v) is 4.72. The van der Waals surface area contributed by atoms with Crippen LogP contribution in [0, 0.1) is 0 Å². The SMILES string of the molecule is CC(C)n1cnnc1C1CCCN(S(=O)(=O)c2ccc(N(C)C)nc2)C1. The monoisotopic (exact) mass is 378 g/mol. The molecule has 9 heteroatoms. The van der Waals surface area contributed by atoms with Gasteiger partial charge < -0.3 is 9.47 Å². The molecule has 2 aromatic rings. The number of sulfonamides is 1. The van der Waals surface area contributed by atoms with Crippen molar-refractivity contribution in [2.24, 2.45) is 0 Å². The molecule has 0 aromatic carbocycles. The molecule has 0 radical (unpaired) electrons. The van der Waals surface area contributed by atoms with Crippen LogP contribution in [-0.4, -0.2) is 59.7 Å². The maximum atomic E-state index is 13.0. The van der Waals surface area contributed by atoms with E-state index in [0.29, 0.717) is 13.1 Å². The quantitative estimate of drug-likeness (QED) is 0.790. The van der Waals surface area contributed by atoms with E-state index in [1.54, 1.807) is 22.8 Å². The highest BCUT2D eigenvalue weighted by atomic mass is 32.2. The van der Waals surface area contributed by atoms with Crippen LogP contribution in [0.1, 0.15) is 44.5 Å². The number of hydrogen-bond donors (Lipinski definition) is 0. The number of rotatable bonds is 5. The minimum atomic E-state index is -3.57. The van der Waals surface area contributed by atoms with Gasteiger partial charge >= 0.3 is 0 Å². The number of aromatic nitrogens is 4. The zero-order valence-corrected chi connectivity index (χ0v) is 16.5. The summed E-state index contributed by atoms with van der Waals surface area (Å²) >= 11 is 0. The Bertz CT molecular complexity index is 844. The third-order valence-electron chi connectivity index (χ3n) is 4.72. The fourth-order valence-electron chi connectivity index (χ4n) is 3.25. The van der Waals surface area contributed by atoms with Crippen molar-refractivity contribution in [2.75, 3.05) is 32.1 Å². The lowest BCUT2D eigenvalue weighted by molar-refractivity contribution is 0.302. The van der Waals surface area contributed by atoms with E-state index in [1.807, 2.05) is 23.6 Å². The number of hydrogen-bond acceptors (Lipinski definition) is 6. The summed E-state index contributed by atoms with van der Waals surface area (Å²) in [5, 5.41) is 8.28. The van der Waals surface area contributed by atoms with Crippen LogP contribution in [0.2, 0.25) is 0 Å². The number of piperidine rings is 1. The third-order valence-corrected chi connectivity index (χ3v) is 6.57. The van der Waals surface area contributed by atoms with Gasteiger partial charge in [0.25, 0.3) is 0 Å². The largest absolute Gasteiger partial charge is 0.363 e. The van der Waals surface area contributed by atoms with Crippen molar-refractivity contribution in [3.8, 4) is 0 Å². The second kappa shape index (κ2) is 7.32. The Morgan fingerprint density at radius 2 is 2.04 bits per heavy atom. The lowest BCUT2D eigenvalue weighted by atomic mass is 9.98. The summed E-state index contributed by atoms with van der Waals surface area (Å²) in [5.41, 5.74) is 0. The van der Waals surface area contributed by atoms with Crippen molar-refractivity contribution in [3.63, 3.8) is 0 Å². The zero-order chi connectivity index (χ0) is 18.9. The first-order valence-electron chi connectivity index (χ1n) is 8.83. The van der Waals surface area contributed by atoms with Gasteiger partial charge in [0.2, 0.25) is 10.0 Å². The van der Waals surface area contributed by atoms with E-state index >= 15 is 0 Å². The highest BCUT2D eigenvalue weighted by Gasteiger charge is 2.33. The molecule has 0 spiro atoms. The van der Waals surface area contributed by atoms with Crippen LogP contribution < -0.4 is 4.90 Å². The van der Waals surface area contributed by atoms with E-state index < -0.39 is 10.0 Å². The van der Waals surface area contributed by atoms with Crippen LogP contribution in [0.25, 0.3) is 0 Å². The molecular formula is C17H26N6O2S. The van der Waals surface area contributed by atoms with Crippen molar-refractivity contribution in [1.29, 1.82) is 0 Å².